The first-order chi connectivity index (χ1) is 8.61. The lowest BCUT2D eigenvalue weighted by Crippen LogP contribution is -2.27. The second-order valence-electron chi connectivity index (χ2n) is 4.28. The molecule has 0 saturated carbocycles. The predicted octanol–water partition coefficient (Wildman–Crippen LogP) is 0.533. The zero-order valence-corrected chi connectivity index (χ0v) is 11.3. The van der Waals surface area contributed by atoms with E-state index < -0.39 is 9.84 Å². The second-order valence-corrected chi connectivity index (χ2v) is 6.59. The zero-order valence-electron chi connectivity index (χ0n) is 10.5. The van der Waals surface area contributed by atoms with Gasteiger partial charge in [0.15, 0.2) is 9.84 Å². The van der Waals surface area contributed by atoms with Crippen molar-refractivity contribution in [2.45, 2.75) is 13.3 Å². The van der Waals surface area contributed by atoms with Gasteiger partial charge in [0.2, 0.25) is 0 Å². The van der Waals surface area contributed by atoms with E-state index >= 15 is 0 Å². The summed E-state index contributed by atoms with van der Waals surface area (Å²) < 4.78 is 23.1. The van der Waals surface area contributed by atoms with Crippen molar-refractivity contribution in [3.8, 4) is 0 Å². The van der Waals surface area contributed by atoms with Crippen LogP contribution in [0.4, 0.5) is 11.6 Å². The summed E-state index contributed by atoms with van der Waals surface area (Å²) in [4.78, 5) is 10.3. The molecule has 0 aliphatic carbocycles. The van der Waals surface area contributed by atoms with E-state index in [-0.39, 0.29) is 11.5 Å². The van der Waals surface area contributed by atoms with Crippen LogP contribution in [-0.4, -0.2) is 49.5 Å². The predicted molar refractivity (Wildman–Crippen MR) is 71.7 cm³/mol. The van der Waals surface area contributed by atoms with Gasteiger partial charge in [-0.25, -0.2) is 18.4 Å². The summed E-state index contributed by atoms with van der Waals surface area (Å²) in [7, 11) is -2.88. The smallest absolute Gasteiger partial charge is 0.152 e. The Labute approximate surface area is 107 Å². The summed E-state index contributed by atoms with van der Waals surface area (Å²) in [6.45, 7) is 4.03. The van der Waals surface area contributed by atoms with Crippen molar-refractivity contribution in [3.05, 3.63) is 12.4 Å². The largest absolute Gasteiger partial charge is 0.370 e. The highest BCUT2D eigenvalue weighted by Gasteiger charge is 2.20. The maximum atomic E-state index is 11.5. The molecule has 1 N–H and O–H groups in total. The van der Waals surface area contributed by atoms with Crippen LogP contribution in [-0.2, 0) is 9.84 Å². The molecule has 1 aromatic rings. The van der Waals surface area contributed by atoms with Crippen molar-refractivity contribution in [3.63, 3.8) is 0 Å². The normalized spacial score (nSPS) is 19.3. The van der Waals surface area contributed by atoms with Gasteiger partial charge >= 0.3 is 0 Å². The highest BCUT2D eigenvalue weighted by Crippen LogP contribution is 2.16. The standard InChI is InChI=1S/C11H18N4O2S/c1-2-12-10-8-11(14-9-13-10)15-4-3-6-18(16,17)7-5-15/h8-9H,2-7H2,1H3,(H,12,13,14). The van der Waals surface area contributed by atoms with E-state index in [2.05, 4.69) is 15.3 Å². The highest BCUT2D eigenvalue weighted by atomic mass is 32.2. The Morgan fingerprint density at radius 1 is 1.33 bits per heavy atom. The molecule has 7 heteroatoms. The Morgan fingerprint density at radius 3 is 2.94 bits per heavy atom. The Morgan fingerprint density at radius 2 is 2.17 bits per heavy atom. The average molecular weight is 270 g/mol. The zero-order chi connectivity index (χ0) is 13.0. The van der Waals surface area contributed by atoms with Crippen LogP contribution in [0.5, 0.6) is 0 Å². The highest BCUT2D eigenvalue weighted by molar-refractivity contribution is 7.91. The average Bonchev–Trinajstić information content (AvgIpc) is 2.51. The van der Waals surface area contributed by atoms with Gasteiger partial charge in [-0.15, -0.1) is 0 Å². The van der Waals surface area contributed by atoms with E-state index in [9.17, 15) is 8.42 Å². The van der Waals surface area contributed by atoms with Gasteiger partial charge in [-0.3, -0.25) is 0 Å². The first-order valence-electron chi connectivity index (χ1n) is 6.12. The Bertz CT molecular complexity index is 504. The third-order valence-corrected chi connectivity index (χ3v) is 4.61. The summed E-state index contributed by atoms with van der Waals surface area (Å²) in [6.07, 6.45) is 2.16. The quantitative estimate of drug-likeness (QED) is 0.863. The van der Waals surface area contributed by atoms with Crippen LogP contribution < -0.4 is 10.2 Å². The lowest BCUT2D eigenvalue weighted by atomic mass is 10.4. The van der Waals surface area contributed by atoms with Crippen molar-refractivity contribution in [1.82, 2.24) is 9.97 Å². The molecule has 0 unspecified atom stereocenters. The van der Waals surface area contributed by atoms with Crippen LogP contribution in [0.3, 0.4) is 0 Å². The second kappa shape index (κ2) is 5.51. The molecule has 18 heavy (non-hydrogen) atoms. The fraction of sp³-hybridized carbons (Fsp3) is 0.636. The SMILES string of the molecule is CCNc1cc(N2CCCS(=O)(=O)CC2)ncn1. The molecule has 6 nitrogen and oxygen atoms in total. The number of hydrogen-bond acceptors (Lipinski definition) is 6. The molecule has 2 rings (SSSR count). The molecule has 0 atom stereocenters. The van der Waals surface area contributed by atoms with Crippen LogP contribution in [0.1, 0.15) is 13.3 Å². The summed E-state index contributed by atoms with van der Waals surface area (Å²) in [5.41, 5.74) is 0. The van der Waals surface area contributed by atoms with Gasteiger partial charge in [0.1, 0.15) is 18.0 Å². The van der Waals surface area contributed by atoms with Gasteiger partial charge in [-0.1, -0.05) is 0 Å². The van der Waals surface area contributed by atoms with E-state index in [1.54, 1.807) is 0 Å². The van der Waals surface area contributed by atoms with Crippen molar-refractivity contribution in [2.24, 2.45) is 0 Å². The minimum atomic E-state index is -2.88. The minimum absolute atomic E-state index is 0.202. The molecule has 0 radical (unpaired) electrons. The summed E-state index contributed by atoms with van der Waals surface area (Å²) in [5.74, 6) is 2.04. The number of hydrogen-bond donors (Lipinski definition) is 1. The lowest BCUT2D eigenvalue weighted by molar-refractivity contribution is 0.597. The van der Waals surface area contributed by atoms with Crippen LogP contribution in [0.25, 0.3) is 0 Å². The van der Waals surface area contributed by atoms with Crippen LogP contribution in [0.2, 0.25) is 0 Å². The third-order valence-electron chi connectivity index (χ3n) is 2.89. The summed E-state index contributed by atoms with van der Waals surface area (Å²) >= 11 is 0. The van der Waals surface area contributed by atoms with Crippen molar-refractivity contribution < 1.29 is 8.42 Å². The molecular weight excluding hydrogens is 252 g/mol. The Balaban J connectivity index is 2.13. The summed E-state index contributed by atoms with van der Waals surface area (Å²) in [5, 5.41) is 3.12. The molecule has 100 valence electrons. The fourth-order valence-electron chi connectivity index (χ4n) is 1.97. The summed E-state index contributed by atoms with van der Waals surface area (Å²) in [6, 6.07) is 1.86. The van der Waals surface area contributed by atoms with Crippen molar-refractivity contribution >= 4 is 21.5 Å². The van der Waals surface area contributed by atoms with Gasteiger partial charge in [0.05, 0.1) is 11.5 Å². The number of anilines is 2. The third kappa shape index (κ3) is 3.32. The number of sulfone groups is 1. The Hall–Kier alpha value is -1.37. The van der Waals surface area contributed by atoms with Crippen molar-refractivity contribution in [1.29, 1.82) is 0 Å². The molecule has 0 aromatic carbocycles. The molecule has 1 aromatic heterocycles. The van der Waals surface area contributed by atoms with E-state index in [4.69, 9.17) is 0 Å². The van der Waals surface area contributed by atoms with E-state index in [0.717, 1.165) is 24.7 Å². The molecule has 1 fully saturated rings. The molecule has 0 bridgehead atoms. The van der Waals surface area contributed by atoms with Gasteiger partial charge < -0.3 is 10.2 Å². The van der Waals surface area contributed by atoms with E-state index in [1.807, 2.05) is 17.9 Å². The minimum Gasteiger partial charge on any atom is -0.370 e. The van der Waals surface area contributed by atoms with Crippen molar-refractivity contribution in [2.75, 3.05) is 41.4 Å². The Kier molecular flexibility index (Phi) is 4.00. The fourth-order valence-corrected chi connectivity index (χ4v) is 3.24. The molecule has 1 saturated heterocycles. The van der Waals surface area contributed by atoms with Crippen LogP contribution in [0, 0.1) is 0 Å². The number of nitrogens with one attached hydrogen (secondary N) is 1. The maximum absolute atomic E-state index is 11.5. The van der Waals surface area contributed by atoms with Gasteiger partial charge in [-0.05, 0) is 13.3 Å². The molecule has 1 aliphatic rings. The van der Waals surface area contributed by atoms with E-state index in [1.165, 1.54) is 6.33 Å². The lowest BCUT2D eigenvalue weighted by Gasteiger charge is -2.20. The van der Waals surface area contributed by atoms with E-state index in [0.29, 0.717) is 13.0 Å². The molecule has 0 amide bonds. The number of nitrogens with zero attached hydrogens (tertiary/aromatic N) is 3. The molecule has 2 heterocycles. The van der Waals surface area contributed by atoms with Crippen LogP contribution in [0.15, 0.2) is 12.4 Å². The van der Waals surface area contributed by atoms with Gasteiger partial charge in [0, 0.05) is 25.7 Å². The maximum Gasteiger partial charge on any atom is 0.152 e. The molecule has 1 aliphatic heterocycles. The van der Waals surface area contributed by atoms with Gasteiger partial charge in [-0.2, -0.15) is 0 Å². The topological polar surface area (TPSA) is 75.2 Å². The first-order valence-corrected chi connectivity index (χ1v) is 7.94. The molecular formula is C11H18N4O2S. The monoisotopic (exact) mass is 270 g/mol. The first kappa shape index (κ1) is 13.1. The number of aromatic nitrogens is 2. The van der Waals surface area contributed by atoms with Gasteiger partial charge in [0.25, 0.3) is 0 Å². The van der Waals surface area contributed by atoms with Crippen LogP contribution >= 0.6 is 0 Å². The molecule has 0 spiro atoms. The number of rotatable bonds is 3.